The molecule has 1 aliphatic rings. The number of nitrogens with zero attached hydrogens (tertiary/aromatic N) is 7. The van der Waals surface area contributed by atoms with Crippen LogP contribution in [0.25, 0.3) is 5.65 Å². The molecule has 0 bridgehead atoms. The molecule has 0 spiro atoms. The first-order valence-electron chi connectivity index (χ1n) is 11.9. The minimum atomic E-state index is -0.0937. The lowest BCUT2D eigenvalue weighted by molar-refractivity contribution is 0.168. The van der Waals surface area contributed by atoms with Gasteiger partial charge in [0.1, 0.15) is 0 Å². The Hall–Kier alpha value is -3.38. The smallest absolute Gasteiger partial charge is 0.267 e. The van der Waals surface area contributed by atoms with Crippen molar-refractivity contribution in [1.82, 2.24) is 24.1 Å². The van der Waals surface area contributed by atoms with Gasteiger partial charge in [-0.1, -0.05) is 13.0 Å². The first-order valence-corrected chi connectivity index (χ1v) is 11.9. The predicted molar refractivity (Wildman–Crippen MR) is 131 cm³/mol. The van der Waals surface area contributed by atoms with Gasteiger partial charge >= 0.3 is 0 Å². The van der Waals surface area contributed by atoms with Gasteiger partial charge in [-0.05, 0) is 32.8 Å². The maximum Gasteiger partial charge on any atom is 0.267 e. The number of aryl methyl sites for hydroxylation is 1. The number of piperazine rings is 1. The Bertz CT molecular complexity index is 1240. The highest BCUT2D eigenvalue weighted by Crippen LogP contribution is 2.30. The second-order valence-electron chi connectivity index (χ2n) is 9.15. The van der Waals surface area contributed by atoms with Crippen LogP contribution in [0.3, 0.4) is 0 Å². The van der Waals surface area contributed by atoms with Crippen molar-refractivity contribution >= 4 is 11.3 Å². The van der Waals surface area contributed by atoms with E-state index in [2.05, 4.69) is 45.8 Å². The van der Waals surface area contributed by atoms with Crippen LogP contribution in [0.1, 0.15) is 51.4 Å². The van der Waals surface area contributed by atoms with Gasteiger partial charge in [-0.15, -0.1) is 0 Å². The summed E-state index contributed by atoms with van der Waals surface area (Å²) in [4.78, 5) is 26.6. The summed E-state index contributed by atoms with van der Waals surface area (Å²) in [6, 6.07) is 8.31. The van der Waals surface area contributed by atoms with Crippen LogP contribution in [0.5, 0.6) is 5.88 Å². The zero-order chi connectivity index (χ0) is 24.4. The molecule has 9 nitrogen and oxygen atoms in total. The molecule has 0 amide bonds. The number of ether oxygens (including phenoxy) is 1. The Kier molecular flexibility index (Phi) is 6.89. The lowest BCUT2D eigenvalue weighted by Gasteiger charge is -2.44. The van der Waals surface area contributed by atoms with Crippen LogP contribution < -0.4 is 15.2 Å². The summed E-state index contributed by atoms with van der Waals surface area (Å²) in [5, 5.41) is 9.10. The third kappa shape index (κ3) is 4.64. The first-order chi connectivity index (χ1) is 16.3. The second kappa shape index (κ2) is 9.85. The highest BCUT2D eigenvalue weighted by molar-refractivity contribution is 5.69. The summed E-state index contributed by atoms with van der Waals surface area (Å²) in [6.07, 6.45) is 4.94. The van der Waals surface area contributed by atoms with Crippen molar-refractivity contribution in [3.63, 3.8) is 0 Å². The maximum atomic E-state index is 12.7. The number of anilines is 1. The van der Waals surface area contributed by atoms with Gasteiger partial charge in [0.25, 0.3) is 5.56 Å². The van der Waals surface area contributed by atoms with Gasteiger partial charge in [-0.2, -0.15) is 5.26 Å². The maximum absolute atomic E-state index is 12.7. The lowest BCUT2D eigenvalue weighted by Crippen LogP contribution is -2.54. The third-order valence-electron chi connectivity index (χ3n) is 6.57. The monoisotopic (exact) mass is 463 g/mol. The van der Waals surface area contributed by atoms with E-state index >= 15 is 0 Å². The molecule has 9 heteroatoms. The summed E-state index contributed by atoms with van der Waals surface area (Å²) in [5.41, 5.74) is 3.29. The molecule has 4 heterocycles. The largest absolute Gasteiger partial charge is 0.475 e. The minimum absolute atomic E-state index is 0.0937. The molecule has 0 radical (unpaired) electrons. The van der Waals surface area contributed by atoms with Crippen molar-refractivity contribution in [1.29, 1.82) is 5.26 Å². The number of nitriles is 1. The van der Waals surface area contributed by atoms with E-state index in [1.54, 1.807) is 23.8 Å². The van der Waals surface area contributed by atoms with Gasteiger partial charge in [0, 0.05) is 57.1 Å². The summed E-state index contributed by atoms with van der Waals surface area (Å²) in [6.45, 7) is 10.9. The topological polar surface area (TPSA) is 91.7 Å². The van der Waals surface area contributed by atoms with E-state index < -0.39 is 0 Å². The van der Waals surface area contributed by atoms with E-state index in [9.17, 15) is 4.79 Å². The zero-order valence-corrected chi connectivity index (χ0v) is 20.6. The summed E-state index contributed by atoms with van der Waals surface area (Å²) < 4.78 is 8.97. The lowest BCUT2D eigenvalue weighted by atomic mass is 10.0. The minimum Gasteiger partial charge on any atom is -0.475 e. The van der Waals surface area contributed by atoms with Gasteiger partial charge in [-0.25, -0.2) is 19.2 Å². The zero-order valence-electron chi connectivity index (χ0n) is 20.6. The fourth-order valence-electron chi connectivity index (χ4n) is 4.64. The number of hydrogen-bond donors (Lipinski definition) is 0. The Labute approximate surface area is 200 Å². The van der Waals surface area contributed by atoms with E-state index in [0.717, 1.165) is 43.0 Å². The van der Waals surface area contributed by atoms with Crippen molar-refractivity contribution in [2.24, 2.45) is 7.05 Å². The fourth-order valence-corrected chi connectivity index (χ4v) is 4.64. The van der Waals surface area contributed by atoms with E-state index in [-0.39, 0.29) is 30.2 Å². The molecule has 1 aliphatic heterocycles. The van der Waals surface area contributed by atoms with Crippen LogP contribution in [0.15, 0.2) is 35.4 Å². The molecule has 2 atom stereocenters. The number of imidazole rings is 1. The molecule has 34 heavy (non-hydrogen) atoms. The quantitative estimate of drug-likeness (QED) is 0.532. The van der Waals surface area contributed by atoms with E-state index in [4.69, 9.17) is 10.00 Å². The van der Waals surface area contributed by atoms with Crippen molar-refractivity contribution in [2.75, 3.05) is 24.5 Å². The van der Waals surface area contributed by atoms with Gasteiger partial charge in [0.15, 0.2) is 5.65 Å². The van der Waals surface area contributed by atoms with Crippen molar-refractivity contribution in [3.8, 4) is 11.9 Å². The SMILES string of the molecule is CCC1CN(C(C)c2ccc(OC(C)C)nc2)CCN1c1cc(=O)n(C)n2cc(CC#N)nc12. The van der Waals surface area contributed by atoms with Gasteiger partial charge in [-0.3, -0.25) is 9.69 Å². The third-order valence-corrected chi connectivity index (χ3v) is 6.57. The van der Waals surface area contributed by atoms with Gasteiger partial charge in [0.2, 0.25) is 5.88 Å². The van der Waals surface area contributed by atoms with E-state index in [0.29, 0.717) is 11.6 Å². The molecule has 0 aromatic carbocycles. The van der Waals surface area contributed by atoms with Crippen LogP contribution in [0, 0.1) is 11.3 Å². The predicted octanol–water partition coefficient (Wildman–Crippen LogP) is 2.94. The Balaban J connectivity index is 1.57. The highest BCUT2D eigenvalue weighted by Gasteiger charge is 2.31. The molecule has 0 aliphatic carbocycles. The van der Waals surface area contributed by atoms with E-state index in [1.165, 1.54) is 4.68 Å². The number of hydrogen-bond acceptors (Lipinski definition) is 7. The molecule has 1 saturated heterocycles. The number of fused-ring (bicyclic) bond motifs is 1. The van der Waals surface area contributed by atoms with Crippen LogP contribution in [-0.2, 0) is 13.5 Å². The summed E-state index contributed by atoms with van der Waals surface area (Å²) in [7, 11) is 1.72. The highest BCUT2D eigenvalue weighted by atomic mass is 16.5. The Morgan fingerprint density at radius 1 is 1.26 bits per heavy atom. The number of pyridine rings is 1. The summed E-state index contributed by atoms with van der Waals surface area (Å²) >= 11 is 0. The average molecular weight is 464 g/mol. The van der Waals surface area contributed by atoms with Gasteiger partial charge in [0.05, 0.1) is 36.2 Å². The van der Waals surface area contributed by atoms with Crippen molar-refractivity contribution < 1.29 is 4.74 Å². The van der Waals surface area contributed by atoms with Gasteiger partial charge < -0.3 is 9.64 Å². The molecule has 3 aromatic heterocycles. The number of aromatic nitrogens is 4. The fraction of sp³-hybridized carbons (Fsp3) is 0.520. The van der Waals surface area contributed by atoms with Crippen LogP contribution in [0.4, 0.5) is 5.69 Å². The normalized spacial score (nSPS) is 17.8. The van der Waals surface area contributed by atoms with Crippen molar-refractivity contribution in [3.05, 3.63) is 52.2 Å². The molecule has 1 fully saturated rings. The summed E-state index contributed by atoms with van der Waals surface area (Å²) in [5.74, 6) is 0.646. The molecule has 2 unspecified atom stereocenters. The molecule has 180 valence electrons. The molecular weight excluding hydrogens is 430 g/mol. The molecule has 0 saturated carbocycles. The molecule has 0 N–H and O–H groups in total. The standard InChI is InChI=1S/C25H33N7O2/c1-6-21-16-30(18(4)19-7-8-23(27-14-19)34-17(2)3)11-12-31(21)22-13-24(33)29(5)32-15-20(9-10-26)28-25(22)32/h7-8,13-15,17-18,21H,6,9,11-12,16H2,1-5H3. The molecule has 4 rings (SSSR count). The van der Waals surface area contributed by atoms with Crippen LogP contribution >= 0.6 is 0 Å². The van der Waals surface area contributed by atoms with Crippen molar-refractivity contribution in [2.45, 2.75) is 58.7 Å². The average Bonchev–Trinajstić information content (AvgIpc) is 3.25. The van der Waals surface area contributed by atoms with E-state index in [1.807, 2.05) is 26.1 Å². The second-order valence-corrected chi connectivity index (χ2v) is 9.15. The van der Waals surface area contributed by atoms with Crippen LogP contribution in [-0.4, -0.2) is 55.8 Å². The van der Waals surface area contributed by atoms with Crippen LogP contribution in [0.2, 0.25) is 0 Å². The Morgan fingerprint density at radius 3 is 2.71 bits per heavy atom. The number of rotatable bonds is 7. The molecular formula is C25H33N7O2. The molecule has 3 aromatic rings. The first kappa shape index (κ1) is 23.8. The Morgan fingerprint density at radius 2 is 2.06 bits per heavy atom.